The van der Waals surface area contributed by atoms with Crippen LogP contribution < -0.4 is 0 Å². The van der Waals surface area contributed by atoms with E-state index in [2.05, 4.69) is 21.1 Å². The number of rotatable bonds is 3. The maximum absolute atomic E-state index is 9.86. The molecule has 0 N–H and O–H groups in total. The van der Waals surface area contributed by atoms with Crippen molar-refractivity contribution in [2.75, 3.05) is 13.7 Å². The lowest BCUT2D eigenvalue weighted by Crippen LogP contribution is -1.94. The molecule has 0 saturated heterocycles. The maximum atomic E-state index is 9.86. The van der Waals surface area contributed by atoms with E-state index in [-0.39, 0.29) is 0 Å². The van der Waals surface area contributed by atoms with Gasteiger partial charge in [0, 0.05) is 23.2 Å². The van der Waals surface area contributed by atoms with Crippen LogP contribution >= 0.6 is 23.2 Å². The Morgan fingerprint density at radius 1 is 1.23 bits per heavy atom. The van der Waals surface area contributed by atoms with Gasteiger partial charge in [-0.25, -0.2) is 9.59 Å². The molecule has 0 aliphatic carbocycles. The van der Waals surface area contributed by atoms with Crippen molar-refractivity contribution >= 4 is 34.1 Å². The molecular formula is C7H12Cl2O4. The highest BCUT2D eigenvalue weighted by atomic mass is 35.5. The fourth-order valence-electron chi connectivity index (χ4n) is 0.297. The number of hydrogen-bond donors (Lipinski definition) is 0. The van der Waals surface area contributed by atoms with Crippen LogP contribution in [0.4, 0.5) is 9.59 Å². The van der Waals surface area contributed by atoms with Crippen molar-refractivity contribution in [1.29, 1.82) is 0 Å². The molecular weight excluding hydrogens is 219 g/mol. The summed E-state index contributed by atoms with van der Waals surface area (Å²) in [5, 5.41) is 0. The van der Waals surface area contributed by atoms with E-state index in [0.717, 1.165) is 12.8 Å². The second kappa shape index (κ2) is 11.5. The van der Waals surface area contributed by atoms with E-state index < -0.39 is 10.9 Å². The SMILES string of the molecule is CCCCOC(=O)Cl.COC(=O)Cl. The second-order valence-electron chi connectivity index (χ2n) is 1.88. The molecule has 0 aromatic heterocycles. The first kappa shape index (κ1) is 15.0. The zero-order valence-corrected chi connectivity index (χ0v) is 9.02. The minimum absolute atomic E-state index is 0.443. The summed E-state index contributed by atoms with van der Waals surface area (Å²) in [6.07, 6.45) is 1.91. The Morgan fingerprint density at radius 3 is 1.92 bits per heavy atom. The Labute approximate surface area is 87.1 Å². The zero-order valence-electron chi connectivity index (χ0n) is 7.51. The third kappa shape index (κ3) is 24.6. The molecule has 0 aliphatic heterocycles. The third-order valence-corrected chi connectivity index (χ3v) is 1.14. The van der Waals surface area contributed by atoms with E-state index in [1.54, 1.807) is 0 Å². The molecule has 13 heavy (non-hydrogen) atoms. The lowest BCUT2D eigenvalue weighted by molar-refractivity contribution is 0.171. The van der Waals surface area contributed by atoms with Gasteiger partial charge in [0.25, 0.3) is 0 Å². The Balaban J connectivity index is 0. The van der Waals surface area contributed by atoms with E-state index in [4.69, 9.17) is 11.6 Å². The molecule has 0 aliphatic rings. The summed E-state index contributed by atoms with van der Waals surface area (Å²) in [5.74, 6) is 0. The molecule has 0 unspecified atom stereocenters. The summed E-state index contributed by atoms with van der Waals surface area (Å²) in [5.41, 5.74) is -1.48. The van der Waals surface area contributed by atoms with Crippen LogP contribution in [0.25, 0.3) is 0 Å². The minimum atomic E-state index is -0.773. The van der Waals surface area contributed by atoms with Gasteiger partial charge in [-0.2, -0.15) is 0 Å². The van der Waals surface area contributed by atoms with Crippen molar-refractivity contribution in [3.63, 3.8) is 0 Å². The number of halogens is 2. The van der Waals surface area contributed by atoms with Gasteiger partial charge in [-0.1, -0.05) is 13.3 Å². The molecule has 0 heterocycles. The van der Waals surface area contributed by atoms with Crippen molar-refractivity contribution in [1.82, 2.24) is 0 Å². The minimum Gasteiger partial charge on any atom is -0.457 e. The molecule has 0 amide bonds. The van der Waals surface area contributed by atoms with Crippen molar-refractivity contribution in [2.45, 2.75) is 19.8 Å². The standard InChI is InChI=1S/C5H9ClO2.C2H3ClO2/c1-2-3-4-8-5(6)7;1-5-2(3)4/h2-4H2,1H3;1H3. The number of carbonyl (C=O) groups is 2. The van der Waals surface area contributed by atoms with Crippen molar-refractivity contribution < 1.29 is 19.1 Å². The van der Waals surface area contributed by atoms with E-state index in [1.165, 1.54) is 7.11 Å². The lowest BCUT2D eigenvalue weighted by Gasteiger charge is -1.94. The molecule has 0 spiro atoms. The van der Waals surface area contributed by atoms with Gasteiger partial charge in [0.2, 0.25) is 0 Å². The Kier molecular flexibility index (Phi) is 13.3. The van der Waals surface area contributed by atoms with Crippen molar-refractivity contribution in [3.05, 3.63) is 0 Å². The van der Waals surface area contributed by atoms with E-state index in [1.807, 2.05) is 6.92 Å². The molecule has 0 rings (SSSR count). The van der Waals surface area contributed by atoms with Gasteiger partial charge < -0.3 is 9.47 Å². The molecule has 0 atom stereocenters. The second-order valence-corrected chi connectivity index (χ2v) is 2.50. The van der Waals surface area contributed by atoms with Gasteiger partial charge >= 0.3 is 10.9 Å². The zero-order chi connectivity index (χ0) is 10.7. The molecule has 0 saturated carbocycles. The van der Waals surface area contributed by atoms with Crippen LogP contribution in [-0.4, -0.2) is 24.6 Å². The van der Waals surface area contributed by atoms with Crippen molar-refractivity contribution in [3.8, 4) is 0 Å². The number of hydrogen-bond acceptors (Lipinski definition) is 4. The summed E-state index contributed by atoms with van der Waals surface area (Å²) in [6, 6.07) is 0. The predicted octanol–water partition coefficient (Wildman–Crippen LogP) is 3.15. The van der Waals surface area contributed by atoms with Gasteiger partial charge in [0.1, 0.15) is 0 Å². The fraction of sp³-hybridized carbons (Fsp3) is 0.714. The number of ether oxygens (including phenoxy) is 2. The number of carbonyl (C=O) groups excluding carboxylic acids is 2. The molecule has 4 nitrogen and oxygen atoms in total. The first-order valence-electron chi connectivity index (χ1n) is 3.60. The number of unbranched alkanes of at least 4 members (excludes halogenated alkanes) is 1. The highest BCUT2D eigenvalue weighted by molar-refractivity contribution is 6.61. The molecule has 78 valence electrons. The summed E-state index contributed by atoms with van der Waals surface area (Å²) in [6.45, 7) is 2.46. The quantitative estimate of drug-likeness (QED) is 0.553. The molecule has 0 radical (unpaired) electrons. The van der Waals surface area contributed by atoms with E-state index >= 15 is 0 Å². The van der Waals surface area contributed by atoms with Crippen LogP contribution in [0.3, 0.4) is 0 Å². The van der Waals surface area contributed by atoms with Gasteiger partial charge in [0.05, 0.1) is 13.7 Å². The average Bonchev–Trinajstić information content (AvgIpc) is 2.05. The van der Waals surface area contributed by atoms with Gasteiger partial charge in [-0.05, 0) is 6.42 Å². The van der Waals surface area contributed by atoms with Crippen LogP contribution in [-0.2, 0) is 9.47 Å². The summed E-state index contributed by atoms with van der Waals surface area (Å²) in [4.78, 5) is 19.2. The Hall–Kier alpha value is -0.480. The topological polar surface area (TPSA) is 52.6 Å². The van der Waals surface area contributed by atoms with E-state index in [9.17, 15) is 9.59 Å². The van der Waals surface area contributed by atoms with Crippen LogP contribution in [0.15, 0.2) is 0 Å². The average molecular weight is 231 g/mol. The summed E-state index contributed by atoms with van der Waals surface area (Å²) in [7, 11) is 1.22. The third-order valence-electron chi connectivity index (χ3n) is 0.874. The van der Waals surface area contributed by atoms with Crippen LogP contribution in [0, 0.1) is 0 Å². The molecule has 0 aromatic rings. The van der Waals surface area contributed by atoms with E-state index in [0.29, 0.717) is 6.61 Å². The predicted molar refractivity (Wildman–Crippen MR) is 50.4 cm³/mol. The normalized spacial score (nSPS) is 8.00. The monoisotopic (exact) mass is 230 g/mol. The molecule has 0 aromatic carbocycles. The highest BCUT2D eigenvalue weighted by Gasteiger charge is 1.91. The summed E-state index contributed by atoms with van der Waals surface area (Å²) < 4.78 is 8.29. The maximum Gasteiger partial charge on any atom is 0.403 e. The first-order chi connectivity index (χ1) is 6.04. The molecule has 0 bridgehead atoms. The Morgan fingerprint density at radius 2 is 1.69 bits per heavy atom. The van der Waals surface area contributed by atoms with Crippen LogP contribution in [0.2, 0.25) is 0 Å². The van der Waals surface area contributed by atoms with Gasteiger partial charge in [0.15, 0.2) is 0 Å². The summed E-state index contributed by atoms with van der Waals surface area (Å²) >= 11 is 9.45. The lowest BCUT2D eigenvalue weighted by atomic mass is 10.4. The van der Waals surface area contributed by atoms with Gasteiger partial charge in [-0.15, -0.1) is 0 Å². The largest absolute Gasteiger partial charge is 0.457 e. The smallest absolute Gasteiger partial charge is 0.403 e. The van der Waals surface area contributed by atoms with Gasteiger partial charge in [-0.3, -0.25) is 0 Å². The molecule has 0 fully saturated rings. The Bertz CT molecular complexity index is 149. The van der Waals surface area contributed by atoms with Crippen molar-refractivity contribution in [2.24, 2.45) is 0 Å². The number of methoxy groups -OCH3 is 1. The fourth-order valence-corrected chi connectivity index (χ4v) is 0.374. The van der Waals surface area contributed by atoms with Crippen LogP contribution in [0.1, 0.15) is 19.8 Å². The van der Waals surface area contributed by atoms with Crippen LogP contribution in [0.5, 0.6) is 0 Å². The highest BCUT2D eigenvalue weighted by Crippen LogP contribution is 1.91. The molecule has 6 heteroatoms. The first-order valence-corrected chi connectivity index (χ1v) is 4.35.